The number of hydrogen-bond acceptors (Lipinski definition) is 5. The molecule has 0 aliphatic heterocycles. The van der Waals surface area contributed by atoms with E-state index in [-0.39, 0.29) is 0 Å². The zero-order valence-electron chi connectivity index (χ0n) is 18.4. The van der Waals surface area contributed by atoms with E-state index in [9.17, 15) is 9.59 Å². The summed E-state index contributed by atoms with van der Waals surface area (Å²) in [6.07, 6.45) is 1.06. The van der Waals surface area contributed by atoms with Crippen molar-refractivity contribution in [2.75, 3.05) is 11.9 Å². The van der Waals surface area contributed by atoms with Gasteiger partial charge in [-0.1, -0.05) is 47.5 Å². The summed E-state index contributed by atoms with van der Waals surface area (Å²) >= 11 is 11.9. The minimum Gasteiger partial charge on any atom is -0.490 e. The number of hydrazone groups is 1. The van der Waals surface area contributed by atoms with Gasteiger partial charge < -0.3 is 14.8 Å². The lowest BCUT2D eigenvalue weighted by atomic mass is 10.2. The summed E-state index contributed by atoms with van der Waals surface area (Å²) in [5.41, 5.74) is 4.43. The number of amides is 2. The summed E-state index contributed by atoms with van der Waals surface area (Å²) in [5.74, 6) is 0.0652. The fraction of sp³-hybridized carbons (Fsp3) is 0.160. The number of carbonyl (C=O) groups is 2. The lowest BCUT2D eigenvalue weighted by Crippen LogP contribution is -2.24. The Bertz CT molecular complexity index is 1170. The molecule has 0 radical (unpaired) electrons. The first-order valence-electron chi connectivity index (χ1n) is 10.4. The molecule has 3 aromatic carbocycles. The Labute approximate surface area is 207 Å². The monoisotopic (exact) mass is 499 g/mol. The molecule has 0 aliphatic rings. The second-order valence-electron chi connectivity index (χ2n) is 7.05. The molecule has 0 atom stereocenters. The highest BCUT2D eigenvalue weighted by atomic mass is 35.5. The highest BCUT2D eigenvalue weighted by molar-refractivity contribution is 6.33. The maximum atomic E-state index is 12.0. The van der Waals surface area contributed by atoms with Gasteiger partial charge in [-0.25, -0.2) is 5.43 Å². The second kappa shape index (κ2) is 12.6. The molecule has 0 bridgehead atoms. The van der Waals surface area contributed by atoms with E-state index in [1.165, 1.54) is 6.21 Å². The third-order valence-corrected chi connectivity index (χ3v) is 5.03. The van der Waals surface area contributed by atoms with Crippen LogP contribution in [0.15, 0.2) is 71.8 Å². The summed E-state index contributed by atoms with van der Waals surface area (Å²) in [4.78, 5) is 24.0. The van der Waals surface area contributed by atoms with Crippen molar-refractivity contribution in [1.82, 2.24) is 5.43 Å². The topological polar surface area (TPSA) is 89.0 Å². The van der Waals surface area contributed by atoms with E-state index in [2.05, 4.69) is 15.8 Å². The number of nitrogens with one attached hydrogen (secondary N) is 2. The molecule has 0 unspecified atom stereocenters. The molecule has 0 spiro atoms. The number of carbonyl (C=O) groups excluding carboxylic acids is 2. The number of rotatable bonds is 10. The number of nitrogens with zero attached hydrogens (tertiary/aromatic N) is 1. The van der Waals surface area contributed by atoms with Gasteiger partial charge in [0, 0.05) is 5.02 Å². The first-order chi connectivity index (χ1) is 16.4. The third-order valence-electron chi connectivity index (χ3n) is 4.45. The Morgan fingerprint density at radius 3 is 2.44 bits per heavy atom. The van der Waals surface area contributed by atoms with Crippen molar-refractivity contribution >= 4 is 46.9 Å². The molecule has 0 aliphatic carbocycles. The SMILES string of the molecule is CCOc1cc(C=NNC(=O)CC(=O)Nc2ccccc2Cl)ccc1OCc1ccc(Cl)cc1. The molecule has 2 N–H and O–H groups in total. The van der Waals surface area contributed by atoms with Crippen molar-refractivity contribution in [3.8, 4) is 11.5 Å². The molecule has 0 saturated carbocycles. The van der Waals surface area contributed by atoms with Crippen LogP contribution in [0.25, 0.3) is 0 Å². The molecule has 0 heterocycles. The molecule has 34 heavy (non-hydrogen) atoms. The Morgan fingerprint density at radius 1 is 0.941 bits per heavy atom. The van der Waals surface area contributed by atoms with Crippen molar-refractivity contribution in [1.29, 1.82) is 0 Å². The average molecular weight is 500 g/mol. The van der Waals surface area contributed by atoms with Crippen molar-refractivity contribution in [2.24, 2.45) is 5.10 Å². The Morgan fingerprint density at radius 2 is 1.71 bits per heavy atom. The molecule has 0 aromatic heterocycles. The normalized spacial score (nSPS) is 10.7. The van der Waals surface area contributed by atoms with Crippen LogP contribution in [0.4, 0.5) is 5.69 Å². The molecule has 0 fully saturated rings. The summed E-state index contributed by atoms with van der Waals surface area (Å²) in [5, 5.41) is 7.55. The average Bonchev–Trinajstić information content (AvgIpc) is 2.81. The molecular formula is C25H23Cl2N3O4. The molecule has 9 heteroatoms. The first kappa shape index (κ1) is 25.1. The van der Waals surface area contributed by atoms with Gasteiger partial charge in [-0.2, -0.15) is 5.10 Å². The molecular weight excluding hydrogens is 477 g/mol. The van der Waals surface area contributed by atoms with Gasteiger partial charge in [0.1, 0.15) is 13.0 Å². The van der Waals surface area contributed by atoms with E-state index in [0.29, 0.717) is 46.0 Å². The van der Waals surface area contributed by atoms with E-state index in [1.54, 1.807) is 54.6 Å². The molecule has 3 rings (SSSR count). The van der Waals surface area contributed by atoms with E-state index in [0.717, 1.165) is 5.56 Å². The van der Waals surface area contributed by atoms with Crippen LogP contribution in [-0.4, -0.2) is 24.6 Å². The van der Waals surface area contributed by atoms with Crippen LogP contribution in [0.2, 0.25) is 10.0 Å². The quantitative estimate of drug-likeness (QED) is 0.220. The first-order valence-corrected chi connectivity index (χ1v) is 11.2. The fourth-order valence-corrected chi connectivity index (χ4v) is 3.16. The van der Waals surface area contributed by atoms with Gasteiger partial charge in [-0.05, 0) is 60.5 Å². The third kappa shape index (κ3) is 7.79. The van der Waals surface area contributed by atoms with Crippen molar-refractivity contribution in [3.05, 3.63) is 87.9 Å². The van der Waals surface area contributed by atoms with Gasteiger partial charge in [-0.15, -0.1) is 0 Å². The molecule has 2 amide bonds. The van der Waals surface area contributed by atoms with Crippen LogP contribution in [0.5, 0.6) is 11.5 Å². The van der Waals surface area contributed by atoms with Crippen LogP contribution >= 0.6 is 23.2 Å². The highest BCUT2D eigenvalue weighted by Gasteiger charge is 2.11. The number of hydrogen-bond donors (Lipinski definition) is 2. The minimum absolute atomic E-state index is 0.358. The minimum atomic E-state index is -0.561. The lowest BCUT2D eigenvalue weighted by Gasteiger charge is -2.12. The Hall–Kier alpha value is -3.55. The maximum absolute atomic E-state index is 12.0. The number of halogens is 2. The summed E-state index contributed by atoms with van der Waals surface area (Å²) in [6.45, 7) is 2.68. The smallest absolute Gasteiger partial charge is 0.249 e. The van der Waals surface area contributed by atoms with Crippen LogP contribution in [0, 0.1) is 0 Å². The van der Waals surface area contributed by atoms with Crippen LogP contribution < -0.4 is 20.2 Å². The van der Waals surface area contributed by atoms with E-state index in [4.69, 9.17) is 32.7 Å². The predicted molar refractivity (Wildman–Crippen MR) is 134 cm³/mol. The predicted octanol–water partition coefficient (Wildman–Crippen LogP) is 5.45. The Balaban J connectivity index is 1.54. The van der Waals surface area contributed by atoms with Crippen LogP contribution in [-0.2, 0) is 16.2 Å². The zero-order chi connectivity index (χ0) is 24.3. The van der Waals surface area contributed by atoms with E-state index < -0.39 is 18.2 Å². The molecule has 176 valence electrons. The van der Waals surface area contributed by atoms with Crippen LogP contribution in [0.3, 0.4) is 0 Å². The zero-order valence-corrected chi connectivity index (χ0v) is 19.9. The molecule has 7 nitrogen and oxygen atoms in total. The van der Waals surface area contributed by atoms with Gasteiger partial charge in [0.05, 0.1) is 23.5 Å². The number of ether oxygens (including phenoxy) is 2. The van der Waals surface area contributed by atoms with Crippen molar-refractivity contribution < 1.29 is 19.1 Å². The lowest BCUT2D eigenvalue weighted by molar-refractivity contribution is -0.126. The number of benzene rings is 3. The number of anilines is 1. The maximum Gasteiger partial charge on any atom is 0.249 e. The van der Waals surface area contributed by atoms with Gasteiger partial charge in [-0.3, -0.25) is 9.59 Å². The summed E-state index contributed by atoms with van der Waals surface area (Å²) in [7, 11) is 0. The summed E-state index contributed by atoms with van der Waals surface area (Å²) < 4.78 is 11.6. The standard InChI is InChI=1S/C25H23Cl2N3O4/c1-2-33-23-13-18(9-12-22(23)34-16-17-7-10-19(26)11-8-17)15-28-30-25(32)14-24(31)29-21-6-4-3-5-20(21)27/h3-13,15H,2,14,16H2,1H3,(H,29,31)(H,30,32). The van der Waals surface area contributed by atoms with Gasteiger partial charge in [0.15, 0.2) is 11.5 Å². The highest BCUT2D eigenvalue weighted by Crippen LogP contribution is 2.29. The molecule has 0 saturated heterocycles. The molecule has 3 aromatic rings. The van der Waals surface area contributed by atoms with Crippen molar-refractivity contribution in [3.63, 3.8) is 0 Å². The second-order valence-corrected chi connectivity index (χ2v) is 7.90. The number of para-hydroxylation sites is 1. The largest absolute Gasteiger partial charge is 0.490 e. The van der Waals surface area contributed by atoms with Crippen LogP contribution in [0.1, 0.15) is 24.5 Å². The van der Waals surface area contributed by atoms with Gasteiger partial charge in [0.25, 0.3) is 0 Å². The Kier molecular flexibility index (Phi) is 9.31. The van der Waals surface area contributed by atoms with Crippen molar-refractivity contribution in [2.45, 2.75) is 20.0 Å². The van der Waals surface area contributed by atoms with E-state index >= 15 is 0 Å². The van der Waals surface area contributed by atoms with E-state index in [1.807, 2.05) is 19.1 Å². The fourth-order valence-electron chi connectivity index (χ4n) is 2.86. The summed E-state index contributed by atoms with van der Waals surface area (Å²) in [6, 6.07) is 19.4. The van der Waals surface area contributed by atoms with Gasteiger partial charge in [0.2, 0.25) is 11.8 Å². The van der Waals surface area contributed by atoms with Gasteiger partial charge >= 0.3 is 0 Å².